The van der Waals surface area contributed by atoms with Crippen LogP contribution in [0.5, 0.6) is 17.6 Å². The number of phenolic OH excluding ortho intramolecular Hbond substituents is 1. The van der Waals surface area contributed by atoms with Gasteiger partial charge >= 0.3 is 6.01 Å². The number of ether oxygens (including phenoxy) is 2. The van der Waals surface area contributed by atoms with Crippen molar-refractivity contribution >= 4 is 27.5 Å². The number of anilines is 1. The van der Waals surface area contributed by atoms with Crippen LogP contribution < -0.4 is 19.7 Å². The number of piperazine rings is 1. The van der Waals surface area contributed by atoms with Crippen LogP contribution in [0.15, 0.2) is 36.4 Å². The zero-order valence-corrected chi connectivity index (χ0v) is 26.4. The molecule has 244 valence electrons. The fraction of sp³-hybridized carbons (Fsp3) is 0.389. The maximum absolute atomic E-state index is 17.1. The first-order valence-electron chi connectivity index (χ1n) is 16.0. The van der Waals surface area contributed by atoms with Gasteiger partial charge in [-0.25, -0.2) is 13.8 Å². The van der Waals surface area contributed by atoms with Crippen molar-refractivity contribution in [1.82, 2.24) is 25.2 Å². The van der Waals surface area contributed by atoms with Crippen molar-refractivity contribution in [2.45, 2.75) is 43.3 Å². The van der Waals surface area contributed by atoms with E-state index >= 15 is 4.39 Å². The molecule has 0 saturated carbocycles. The molecule has 0 aliphatic carbocycles. The fourth-order valence-electron chi connectivity index (χ4n) is 8.25. The van der Waals surface area contributed by atoms with Gasteiger partial charge in [-0.05, 0) is 49.3 Å². The molecule has 4 atom stereocenters. The molecule has 2 aromatic carbocycles. The number of halogens is 2. The van der Waals surface area contributed by atoms with E-state index < -0.39 is 17.2 Å². The van der Waals surface area contributed by atoms with Gasteiger partial charge in [-0.15, -0.1) is 6.42 Å². The molecule has 2 aromatic heterocycles. The molecule has 12 heteroatoms. The van der Waals surface area contributed by atoms with Crippen LogP contribution >= 0.6 is 0 Å². The van der Waals surface area contributed by atoms with Gasteiger partial charge in [0.1, 0.15) is 40.6 Å². The van der Waals surface area contributed by atoms with Crippen LogP contribution in [0.25, 0.3) is 32.9 Å². The van der Waals surface area contributed by atoms with E-state index in [2.05, 4.69) is 43.7 Å². The lowest BCUT2D eigenvalue weighted by Crippen LogP contribution is -2.51. The number of benzene rings is 2. The summed E-state index contributed by atoms with van der Waals surface area (Å²) in [6.45, 7) is 6.98. The first-order valence-corrected chi connectivity index (χ1v) is 16.0. The molecule has 4 saturated heterocycles. The molecule has 0 radical (unpaired) electrons. The number of nitriles is 1. The Kier molecular flexibility index (Phi) is 7.13. The number of phenols is 1. The highest BCUT2D eigenvalue weighted by Gasteiger charge is 2.50. The zero-order chi connectivity index (χ0) is 33.3. The molecular weight excluding hydrogens is 616 g/mol. The molecule has 4 aliphatic heterocycles. The predicted molar refractivity (Wildman–Crippen MR) is 176 cm³/mol. The summed E-state index contributed by atoms with van der Waals surface area (Å²) < 4.78 is 44.2. The Morgan fingerprint density at radius 3 is 2.67 bits per heavy atom. The quantitative estimate of drug-likeness (QED) is 0.225. The average Bonchev–Trinajstić information content (AvgIpc) is 3.71. The maximum atomic E-state index is 17.1. The Morgan fingerprint density at radius 2 is 1.94 bits per heavy atom. The van der Waals surface area contributed by atoms with Crippen LogP contribution in [0, 0.1) is 41.2 Å². The molecule has 6 heterocycles. The number of aromatic hydroxyl groups is 1. The number of nitrogens with zero attached hydrogens (tertiary/aromatic N) is 6. The molecule has 48 heavy (non-hydrogen) atoms. The van der Waals surface area contributed by atoms with Crippen LogP contribution in [0.1, 0.15) is 31.2 Å². The summed E-state index contributed by atoms with van der Waals surface area (Å²) in [4.78, 5) is 18.4. The van der Waals surface area contributed by atoms with Crippen molar-refractivity contribution in [3.8, 4) is 47.3 Å². The van der Waals surface area contributed by atoms with Gasteiger partial charge in [-0.2, -0.15) is 15.2 Å². The number of hydrogen-bond donors (Lipinski definition) is 2. The minimum absolute atomic E-state index is 0.0233. The molecule has 10 nitrogen and oxygen atoms in total. The van der Waals surface area contributed by atoms with Gasteiger partial charge in [-0.3, -0.25) is 4.90 Å². The molecule has 0 spiro atoms. The van der Waals surface area contributed by atoms with E-state index in [9.17, 15) is 14.8 Å². The van der Waals surface area contributed by atoms with Gasteiger partial charge < -0.3 is 24.8 Å². The van der Waals surface area contributed by atoms with E-state index in [0.717, 1.165) is 18.4 Å². The summed E-state index contributed by atoms with van der Waals surface area (Å²) in [5.41, 5.74) is 0.331. The third kappa shape index (κ3) is 4.78. The lowest BCUT2D eigenvalue weighted by atomic mass is 9.90. The van der Waals surface area contributed by atoms with Crippen LogP contribution in [-0.4, -0.2) is 82.5 Å². The number of fused-ring (bicyclic) bond motifs is 5. The third-order valence-corrected chi connectivity index (χ3v) is 10.3. The van der Waals surface area contributed by atoms with E-state index in [1.165, 1.54) is 31.4 Å². The van der Waals surface area contributed by atoms with Gasteiger partial charge in [0.15, 0.2) is 5.82 Å². The first-order chi connectivity index (χ1) is 23.2. The highest BCUT2D eigenvalue weighted by molar-refractivity contribution is 6.04. The standard InChI is InChI=1S/C36H33F2N7O3/c1-4-25-27(37)8-5-21-9-24(46)10-26(28(21)25)31-30(38)32-29(34(41-31)47-3)33(44-16-22-6-7-23(17-44)40-22)43-35(42-32)48-18-36-11-19(2)14-45(36)15-20(12-36)13-39/h1,5,8-10,20,22-23,40,46H,2,6-7,11-12,14-18H2,3H3. The van der Waals surface area contributed by atoms with Crippen LogP contribution in [-0.2, 0) is 0 Å². The Bertz CT molecular complexity index is 2100. The minimum atomic E-state index is -0.823. The van der Waals surface area contributed by atoms with Gasteiger partial charge in [-0.1, -0.05) is 24.1 Å². The number of rotatable bonds is 6. The highest BCUT2D eigenvalue weighted by atomic mass is 19.1. The van der Waals surface area contributed by atoms with Crippen molar-refractivity contribution < 1.29 is 23.4 Å². The number of nitrogens with one attached hydrogen (secondary N) is 1. The van der Waals surface area contributed by atoms with Crippen molar-refractivity contribution in [3.05, 3.63) is 53.6 Å². The molecule has 8 rings (SSSR count). The minimum Gasteiger partial charge on any atom is -0.508 e. The topological polar surface area (TPSA) is 120 Å². The first kappa shape index (κ1) is 30.3. The normalized spacial score (nSPS) is 25.0. The molecule has 4 aromatic rings. The molecule has 2 bridgehead atoms. The molecule has 0 amide bonds. The van der Waals surface area contributed by atoms with Gasteiger partial charge in [0.2, 0.25) is 5.88 Å². The fourth-order valence-corrected chi connectivity index (χ4v) is 8.25. The number of aromatic nitrogens is 3. The van der Waals surface area contributed by atoms with E-state index in [4.69, 9.17) is 20.9 Å². The Morgan fingerprint density at radius 1 is 1.15 bits per heavy atom. The smallest absolute Gasteiger partial charge is 0.319 e. The molecule has 4 unspecified atom stereocenters. The number of methoxy groups -OCH3 is 1. The van der Waals surface area contributed by atoms with E-state index in [1.807, 2.05) is 0 Å². The Balaban J connectivity index is 1.31. The lowest BCUT2D eigenvalue weighted by Gasteiger charge is -2.34. The second kappa shape index (κ2) is 11.3. The third-order valence-electron chi connectivity index (χ3n) is 10.3. The van der Waals surface area contributed by atoms with Crippen LogP contribution in [0.3, 0.4) is 0 Å². The van der Waals surface area contributed by atoms with Crippen molar-refractivity contribution in [3.63, 3.8) is 0 Å². The summed E-state index contributed by atoms with van der Waals surface area (Å²) in [5.74, 6) is 1.09. The Labute approximate surface area is 276 Å². The van der Waals surface area contributed by atoms with Gasteiger partial charge in [0.25, 0.3) is 0 Å². The summed E-state index contributed by atoms with van der Waals surface area (Å²) >= 11 is 0. The van der Waals surface area contributed by atoms with Crippen molar-refractivity contribution in [2.24, 2.45) is 5.92 Å². The zero-order valence-electron chi connectivity index (χ0n) is 26.4. The predicted octanol–water partition coefficient (Wildman–Crippen LogP) is 4.68. The summed E-state index contributed by atoms with van der Waals surface area (Å²) in [7, 11) is 1.43. The maximum Gasteiger partial charge on any atom is 0.319 e. The van der Waals surface area contributed by atoms with E-state index in [-0.39, 0.29) is 75.4 Å². The SMILES string of the molecule is C#Cc1c(F)ccc2cc(O)cc(-c3nc(OC)c4c(N5CC6CCC(C5)N6)nc(OCC56CC(=C)CN5CC(C#N)C6)nc4c3F)c12. The largest absolute Gasteiger partial charge is 0.508 e. The van der Waals surface area contributed by atoms with E-state index in [0.29, 0.717) is 50.2 Å². The van der Waals surface area contributed by atoms with Crippen molar-refractivity contribution in [2.75, 3.05) is 44.8 Å². The molecule has 4 aliphatic rings. The van der Waals surface area contributed by atoms with E-state index in [1.54, 1.807) is 0 Å². The number of pyridine rings is 1. The molecule has 2 N–H and O–H groups in total. The average molecular weight is 650 g/mol. The highest BCUT2D eigenvalue weighted by Crippen LogP contribution is 2.45. The van der Waals surface area contributed by atoms with Crippen LogP contribution in [0.4, 0.5) is 14.6 Å². The van der Waals surface area contributed by atoms with Gasteiger partial charge in [0, 0.05) is 49.2 Å². The summed E-state index contributed by atoms with van der Waals surface area (Å²) in [6.07, 6.45) is 9.06. The Hall–Kier alpha value is -5.04. The second-order valence-electron chi connectivity index (χ2n) is 13.4. The monoisotopic (exact) mass is 649 g/mol. The lowest BCUT2D eigenvalue weighted by molar-refractivity contribution is 0.108. The number of hydrogen-bond acceptors (Lipinski definition) is 10. The van der Waals surface area contributed by atoms with Crippen LogP contribution in [0.2, 0.25) is 0 Å². The van der Waals surface area contributed by atoms with Crippen molar-refractivity contribution in [1.29, 1.82) is 5.26 Å². The second-order valence-corrected chi connectivity index (χ2v) is 13.4. The van der Waals surface area contributed by atoms with Gasteiger partial charge in [0.05, 0.1) is 30.2 Å². The molecular formula is C36H33F2N7O3. The summed E-state index contributed by atoms with van der Waals surface area (Å²) in [5, 5.41) is 24.8. The number of terminal acetylenes is 1. The summed E-state index contributed by atoms with van der Waals surface area (Å²) in [6, 6.07) is 8.28. The molecule has 4 fully saturated rings.